The first kappa shape index (κ1) is 14.9. The lowest BCUT2D eigenvalue weighted by Crippen LogP contribution is -2.30. The van der Waals surface area contributed by atoms with Crippen LogP contribution < -0.4 is 4.90 Å². The van der Waals surface area contributed by atoms with Gasteiger partial charge in [0.25, 0.3) is 11.8 Å². The Balaban J connectivity index is 1.92. The van der Waals surface area contributed by atoms with Crippen molar-refractivity contribution in [2.24, 2.45) is 0 Å². The minimum Gasteiger partial charge on any atom is -0.269 e. The Labute approximate surface area is 124 Å². The molecule has 3 nitrogen and oxygen atoms in total. The van der Waals surface area contributed by atoms with Gasteiger partial charge in [-0.1, -0.05) is 44.4 Å². The second-order valence-corrected chi connectivity index (χ2v) is 5.87. The van der Waals surface area contributed by atoms with Crippen molar-refractivity contribution in [1.82, 2.24) is 0 Å². The summed E-state index contributed by atoms with van der Waals surface area (Å²) in [6.07, 6.45) is 6.15. The van der Waals surface area contributed by atoms with Crippen LogP contribution in [0.3, 0.4) is 0 Å². The van der Waals surface area contributed by atoms with Crippen LogP contribution in [0.1, 0.15) is 32.6 Å². The van der Waals surface area contributed by atoms with Crippen molar-refractivity contribution in [2.45, 2.75) is 32.6 Å². The largest absolute Gasteiger partial charge is 0.271 e. The van der Waals surface area contributed by atoms with Crippen molar-refractivity contribution in [3.05, 3.63) is 41.3 Å². The van der Waals surface area contributed by atoms with Crippen molar-refractivity contribution in [2.75, 3.05) is 10.7 Å². The molecule has 0 saturated heterocycles. The molecule has 1 aromatic rings. The van der Waals surface area contributed by atoms with Gasteiger partial charge >= 0.3 is 0 Å². The third-order valence-corrected chi connectivity index (χ3v) is 4.25. The molecule has 0 spiro atoms. The minimum absolute atomic E-state index is 0.193. The molecule has 0 bridgehead atoms. The van der Waals surface area contributed by atoms with E-state index < -0.39 is 0 Å². The summed E-state index contributed by atoms with van der Waals surface area (Å²) >= 11 is 1.49. The van der Waals surface area contributed by atoms with Gasteiger partial charge in [-0.3, -0.25) is 9.59 Å². The Morgan fingerprint density at radius 2 is 1.80 bits per heavy atom. The number of carbonyl (C=O) groups excluding carboxylic acids is 2. The molecule has 0 atom stereocenters. The number of nitrogens with zero attached hydrogens (tertiary/aromatic N) is 1. The van der Waals surface area contributed by atoms with Crippen molar-refractivity contribution >= 4 is 29.3 Å². The fourth-order valence-electron chi connectivity index (χ4n) is 2.08. The normalized spacial score (nSPS) is 14.8. The summed E-state index contributed by atoms with van der Waals surface area (Å²) in [5.41, 5.74) is 0.639. The zero-order valence-electron chi connectivity index (χ0n) is 11.7. The predicted octanol–water partition coefficient (Wildman–Crippen LogP) is 3.76. The van der Waals surface area contributed by atoms with Gasteiger partial charge in [0.2, 0.25) is 0 Å². The topological polar surface area (TPSA) is 37.4 Å². The first-order valence-corrected chi connectivity index (χ1v) is 8.00. The van der Waals surface area contributed by atoms with Crippen LogP contribution >= 0.6 is 11.8 Å². The fraction of sp³-hybridized carbons (Fsp3) is 0.375. The molecule has 0 unspecified atom stereocenters. The number of benzene rings is 1. The molecule has 20 heavy (non-hydrogen) atoms. The van der Waals surface area contributed by atoms with Crippen LogP contribution in [-0.2, 0) is 9.59 Å². The number of carbonyl (C=O) groups is 2. The Kier molecular flexibility index (Phi) is 5.41. The van der Waals surface area contributed by atoms with Crippen molar-refractivity contribution in [1.29, 1.82) is 0 Å². The number of amides is 2. The highest BCUT2D eigenvalue weighted by Crippen LogP contribution is 2.29. The number of thioether (sulfide) groups is 1. The molecule has 1 aliphatic heterocycles. The first-order chi connectivity index (χ1) is 9.74. The van der Waals surface area contributed by atoms with Crippen molar-refractivity contribution in [3.8, 4) is 0 Å². The van der Waals surface area contributed by atoms with Crippen LogP contribution in [0, 0.1) is 0 Å². The maximum atomic E-state index is 12.3. The van der Waals surface area contributed by atoms with Gasteiger partial charge in [0, 0.05) is 6.08 Å². The quantitative estimate of drug-likeness (QED) is 0.566. The smallest absolute Gasteiger partial charge is 0.269 e. The molecule has 0 N–H and O–H groups in total. The van der Waals surface area contributed by atoms with Crippen LogP contribution in [0.15, 0.2) is 41.3 Å². The Morgan fingerprint density at radius 1 is 1.05 bits per heavy atom. The molecule has 0 aliphatic carbocycles. The van der Waals surface area contributed by atoms with E-state index in [-0.39, 0.29) is 11.8 Å². The lowest BCUT2D eigenvalue weighted by atomic mass is 10.2. The van der Waals surface area contributed by atoms with Crippen molar-refractivity contribution < 1.29 is 9.59 Å². The van der Waals surface area contributed by atoms with Gasteiger partial charge in [-0.15, -0.1) is 11.8 Å². The van der Waals surface area contributed by atoms with Crippen LogP contribution in [0.4, 0.5) is 5.69 Å². The molecule has 1 aliphatic rings. The Morgan fingerprint density at radius 3 is 2.50 bits per heavy atom. The third-order valence-electron chi connectivity index (χ3n) is 3.16. The van der Waals surface area contributed by atoms with Crippen LogP contribution in [0.2, 0.25) is 0 Å². The second-order valence-electron chi connectivity index (χ2n) is 4.73. The van der Waals surface area contributed by atoms with Gasteiger partial charge in [0.1, 0.15) is 0 Å². The van der Waals surface area contributed by atoms with E-state index in [0.717, 1.165) is 12.2 Å². The standard InChI is InChI=1S/C16H19NO2S/c1-2-3-4-8-11-20-14-12-15(18)17(16(14)19)13-9-6-5-7-10-13/h5-7,9-10,12H,2-4,8,11H2,1H3. The summed E-state index contributed by atoms with van der Waals surface area (Å²) in [6, 6.07) is 9.07. The average Bonchev–Trinajstić information content (AvgIpc) is 2.74. The van der Waals surface area contributed by atoms with E-state index in [4.69, 9.17) is 0 Å². The number of rotatable bonds is 7. The molecule has 0 aromatic heterocycles. The van der Waals surface area contributed by atoms with E-state index >= 15 is 0 Å². The SMILES string of the molecule is CCCCCCSC1=CC(=O)N(c2ccccc2)C1=O. The van der Waals surface area contributed by atoms with E-state index in [1.807, 2.05) is 18.2 Å². The molecule has 106 valence electrons. The Bertz CT molecular complexity index is 510. The molecule has 0 saturated carbocycles. The summed E-state index contributed by atoms with van der Waals surface area (Å²) < 4.78 is 0. The van der Waals surface area contributed by atoms with Gasteiger partial charge < -0.3 is 0 Å². The van der Waals surface area contributed by atoms with Gasteiger partial charge in [0.05, 0.1) is 10.6 Å². The molecule has 0 radical (unpaired) electrons. The lowest BCUT2D eigenvalue weighted by molar-refractivity contribution is -0.120. The molecular weight excluding hydrogens is 270 g/mol. The van der Waals surface area contributed by atoms with Crippen LogP contribution in [-0.4, -0.2) is 17.6 Å². The maximum absolute atomic E-state index is 12.3. The summed E-state index contributed by atoms with van der Waals surface area (Å²) in [6.45, 7) is 2.17. The lowest BCUT2D eigenvalue weighted by Gasteiger charge is -2.14. The predicted molar refractivity (Wildman–Crippen MR) is 83.6 cm³/mol. The number of anilines is 1. The molecule has 1 heterocycles. The third kappa shape index (κ3) is 3.51. The van der Waals surface area contributed by atoms with Gasteiger partial charge in [-0.2, -0.15) is 0 Å². The number of hydrogen-bond donors (Lipinski definition) is 0. The Hall–Kier alpha value is -1.55. The zero-order chi connectivity index (χ0) is 14.4. The molecule has 2 amide bonds. The minimum atomic E-state index is -0.239. The number of unbranched alkanes of at least 4 members (excludes halogenated alkanes) is 3. The van der Waals surface area contributed by atoms with Gasteiger partial charge in [-0.25, -0.2) is 4.90 Å². The van der Waals surface area contributed by atoms with Gasteiger partial charge in [0.15, 0.2) is 0 Å². The van der Waals surface area contributed by atoms with Crippen LogP contribution in [0.5, 0.6) is 0 Å². The number of para-hydroxylation sites is 1. The maximum Gasteiger partial charge on any atom is 0.271 e. The molecule has 2 rings (SSSR count). The second kappa shape index (κ2) is 7.29. The summed E-state index contributed by atoms with van der Waals surface area (Å²) in [4.78, 5) is 26.0. The summed E-state index contributed by atoms with van der Waals surface area (Å²) in [5, 5.41) is 0. The van der Waals surface area contributed by atoms with E-state index in [2.05, 4.69) is 6.92 Å². The highest BCUT2D eigenvalue weighted by molar-refractivity contribution is 8.04. The van der Waals surface area contributed by atoms with E-state index in [1.165, 1.54) is 42.0 Å². The summed E-state index contributed by atoms with van der Waals surface area (Å²) in [7, 11) is 0. The highest BCUT2D eigenvalue weighted by Gasteiger charge is 2.32. The molecule has 4 heteroatoms. The number of hydrogen-bond acceptors (Lipinski definition) is 3. The summed E-state index contributed by atoms with van der Waals surface area (Å²) in [5.74, 6) is 0.465. The van der Waals surface area contributed by atoms with E-state index in [1.54, 1.807) is 12.1 Å². The average molecular weight is 289 g/mol. The fourth-order valence-corrected chi connectivity index (χ4v) is 3.05. The van der Waals surface area contributed by atoms with E-state index in [0.29, 0.717) is 10.6 Å². The van der Waals surface area contributed by atoms with E-state index in [9.17, 15) is 9.59 Å². The first-order valence-electron chi connectivity index (χ1n) is 7.02. The van der Waals surface area contributed by atoms with Gasteiger partial charge in [-0.05, 0) is 24.3 Å². The molecular formula is C16H19NO2S. The number of imide groups is 1. The van der Waals surface area contributed by atoms with Crippen molar-refractivity contribution in [3.63, 3.8) is 0 Å². The monoisotopic (exact) mass is 289 g/mol. The zero-order valence-corrected chi connectivity index (χ0v) is 12.5. The molecule has 0 fully saturated rings. The van der Waals surface area contributed by atoms with Crippen LogP contribution in [0.25, 0.3) is 0 Å². The molecule has 1 aromatic carbocycles. The highest BCUT2D eigenvalue weighted by atomic mass is 32.2.